The first-order chi connectivity index (χ1) is 6.94. The Hall–Kier alpha value is -0.120. The Labute approximate surface area is 94.0 Å². The fourth-order valence-electron chi connectivity index (χ4n) is 2.36. The third-order valence-corrected chi connectivity index (χ3v) is 3.45. The largest absolute Gasteiger partial charge is 0.379 e. The van der Waals surface area contributed by atoms with Crippen molar-refractivity contribution < 1.29 is 4.74 Å². The smallest absolute Gasteiger partial charge is 0.0637 e. The van der Waals surface area contributed by atoms with Gasteiger partial charge < -0.3 is 10.5 Å². The van der Waals surface area contributed by atoms with Crippen molar-refractivity contribution in [3.8, 4) is 0 Å². The number of piperidine rings is 1. The van der Waals surface area contributed by atoms with Gasteiger partial charge in [0, 0.05) is 25.7 Å². The van der Waals surface area contributed by atoms with Crippen LogP contribution in [-0.4, -0.2) is 42.8 Å². The van der Waals surface area contributed by atoms with Gasteiger partial charge in [0.2, 0.25) is 0 Å². The van der Waals surface area contributed by atoms with Gasteiger partial charge in [0.25, 0.3) is 0 Å². The molecular weight excluding hydrogens is 188 g/mol. The van der Waals surface area contributed by atoms with Gasteiger partial charge in [0.1, 0.15) is 0 Å². The number of hydrogen-bond acceptors (Lipinski definition) is 3. The number of likely N-dealkylation sites (tertiary alicyclic amines) is 1. The van der Waals surface area contributed by atoms with Crippen LogP contribution in [0.1, 0.15) is 40.0 Å². The van der Waals surface area contributed by atoms with Crippen molar-refractivity contribution in [1.29, 1.82) is 0 Å². The Morgan fingerprint density at radius 1 is 1.53 bits per heavy atom. The van der Waals surface area contributed by atoms with E-state index in [1.807, 2.05) is 0 Å². The van der Waals surface area contributed by atoms with Crippen molar-refractivity contribution in [2.45, 2.75) is 57.7 Å². The topological polar surface area (TPSA) is 38.5 Å². The summed E-state index contributed by atoms with van der Waals surface area (Å²) in [5.74, 6) is 0. The molecule has 0 bridgehead atoms. The third-order valence-electron chi connectivity index (χ3n) is 3.45. The van der Waals surface area contributed by atoms with Crippen LogP contribution in [0.3, 0.4) is 0 Å². The van der Waals surface area contributed by atoms with Crippen LogP contribution in [0.15, 0.2) is 0 Å². The first-order valence-electron chi connectivity index (χ1n) is 5.99. The maximum atomic E-state index is 5.99. The Bertz CT molecular complexity index is 194. The lowest BCUT2D eigenvalue weighted by molar-refractivity contribution is -0.00940. The van der Waals surface area contributed by atoms with Crippen molar-refractivity contribution in [3.05, 3.63) is 0 Å². The number of methoxy groups -OCH3 is 1. The Balaban J connectivity index is 2.42. The zero-order chi connectivity index (χ0) is 11.5. The van der Waals surface area contributed by atoms with E-state index in [0.29, 0.717) is 12.1 Å². The molecule has 0 amide bonds. The van der Waals surface area contributed by atoms with E-state index >= 15 is 0 Å². The molecule has 3 nitrogen and oxygen atoms in total. The summed E-state index contributed by atoms with van der Waals surface area (Å²) in [7, 11) is 1.79. The van der Waals surface area contributed by atoms with E-state index in [-0.39, 0.29) is 5.60 Å². The summed E-state index contributed by atoms with van der Waals surface area (Å²) >= 11 is 0. The Morgan fingerprint density at radius 3 is 2.73 bits per heavy atom. The van der Waals surface area contributed by atoms with E-state index in [0.717, 1.165) is 13.0 Å². The predicted octanol–water partition coefficient (Wildman–Crippen LogP) is 1.61. The van der Waals surface area contributed by atoms with Crippen LogP contribution in [-0.2, 0) is 4.74 Å². The molecule has 0 aromatic carbocycles. The first kappa shape index (κ1) is 12.9. The molecule has 15 heavy (non-hydrogen) atoms. The van der Waals surface area contributed by atoms with Crippen molar-refractivity contribution in [1.82, 2.24) is 4.90 Å². The molecule has 1 rings (SSSR count). The minimum Gasteiger partial charge on any atom is -0.379 e. The van der Waals surface area contributed by atoms with Crippen LogP contribution >= 0.6 is 0 Å². The maximum Gasteiger partial charge on any atom is 0.0637 e. The highest BCUT2D eigenvalue weighted by molar-refractivity contribution is 4.82. The van der Waals surface area contributed by atoms with Gasteiger partial charge in [0.15, 0.2) is 0 Å². The lowest BCUT2D eigenvalue weighted by Crippen LogP contribution is -2.48. The van der Waals surface area contributed by atoms with Gasteiger partial charge in [-0.25, -0.2) is 0 Å². The Kier molecular flexibility index (Phi) is 4.56. The fourth-order valence-corrected chi connectivity index (χ4v) is 2.36. The van der Waals surface area contributed by atoms with Gasteiger partial charge in [-0.2, -0.15) is 0 Å². The molecule has 3 heteroatoms. The molecule has 2 unspecified atom stereocenters. The summed E-state index contributed by atoms with van der Waals surface area (Å²) in [6.45, 7) is 8.80. The molecule has 0 aromatic heterocycles. The van der Waals surface area contributed by atoms with E-state index in [1.54, 1.807) is 7.11 Å². The zero-order valence-electron chi connectivity index (χ0n) is 10.6. The minimum absolute atomic E-state index is 0.0268. The summed E-state index contributed by atoms with van der Waals surface area (Å²) in [6.07, 6.45) is 3.48. The third kappa shape index (κ3) is 4.09. The average molecular weight is 214 g/mol. The highest BCUT2D eigenvalue weighted by atomic mass is 16.5. The molecule has 1 saturated heterocycles. The number of nitrogens with two attached hydrogens (primary N) is 1. The van der Waals surface area contributed by atoms with Gasteiger partial charge in [-0.05, 0) is 46.6 Å². The summed E-state index contributed by atoms with van der Waals surface area (Å²) in [4.78, 5) is 2.49. The predicted molar refractivity (Wildman–Crippen MR) is 63.9 cm³/mol. The van der Waals surface area contributed by atoms with Crippen LogP contribution < -0.4 is 5.73 Å². The second-order valence-electron chi connectivity index (χ2n) is 5.41. The molecule has 2 N–H and O–H groups in total. The number of hydrogen-bond donors (Lipinski definition) is 1. The summed E-state index contributed by atoms with van der Waals surface area (Å²) in [5, 5.41) is 0. The minimum atomic E-state index is -0.0268. The van der Waals surface area contributed by atoms with Gasteiger partial charge in [-0.3, -0.25) is 4.90 Å². The van der Waals surface area contributed by atoms with E-state index in [4.69, 9.17) is 10.5 Å². The summed E-state index contributed by atoms with van der Waals surface area (Å²) < 4.78 is 5.47. The van der Waals surface area contributed by atoms with Gasteiger partial charge in [-0.15, -0.1) is 0 Å². The second-order valence-corrected chi connectivity index (χ2v) is 5.41. The number of nitrogens with zero attached hydrogens (tertiary/aromatic N) is 1. The van der Waals surface area contributed by atoms with Gasteiger partial charge >= 0.3 is 0 Å². The maximum absolute atomic E-state index is 5.99. The lowest BCUT2D eigenvalue weighted by Gasteiger charge is -2.38. The van der Waals surface area contributed by atoms with Crippen LogP contribution in [0.4, 0.5) is 0 Å². The normalized spacial score (nSPS) is 26.6. The van der Waals surface area contributed by atoms with Crippen molar-refractivity contribution >= 4 is 0 Å². The van der Waals surface area contributed by atoms with Crippen LogP contribution in [0.5, 0.6) is 0 Å². The average Bonchev–Trinajstić information content (AvgIpc) is 2.17. The molecule has 2 atom stereocenters. The molecule has 1 aliphatic rings. The molecule has 90 valence electrons. The highest BCUT2D eigenvalue weighted by Gasteiger charge is 2.26. The highest BCUT2D eigenvalue weighted by Crippen LogP contribution is 2.21. The first-order valence-corrected chi connectivity index (χ1v) is 5.99. The molecule has 1 aliphatic heterocycles. The molecule has 0 aromatic rings. The summed E-state index contributed by atoms with van der Waals surface area (Å²) in [5.41, 5.74) is 5.96. The molecule has 1 heterocycles. The van der Waals surface area contributed by atoms with E-state index in [2.05, 4.69) is 25.7 Å². The molecule has 0 saturated carbocycles. The van der Waals surface area contributed by atoms with Crippen LogP contribution in [0.25, 0.3) is 0 Å². The van der Waals surface area contributed by atoms with E-state index in [1.165, 1.54) is 19.4 Å². The van der Waals surface area contributed by atoms with E-state index in [9.17, 15) is 0 Å². The van der Waals surface area contributed by atoms with Crippen LogP contribution in [0.2, 0.25) is 0 Å². The SMILES string of the molecule is COC(C)(C)CC(C)N1CCCC(N)C1. The van der Waals surface area contributed by atoms with Crippen molar-refractivity contribution in [2.24, 2.45) is 5.73 Å². The van der Waals surface area contributed by atoms with Crippen molar-refractivity contribution in [2.75, 3.05) is 20.2 Å². The molecule has 0 radical (unpaired) electrons. The lowest BCUT2D eigenvalue weighted by atomic mass is 9.96. The fraction of sp³-hybridized carbons (Fsp3) is 1.00. The second kappa shape index (κ2) is 5.28. The van der Waals surface area contributed by atoms with Crippen molar-refractivity contribution in [3.63, 3.8) is 0 Å². The molecule has 1 fully saturated rings. The quantitative estimate of drug-likeness (QED) is 0.773. The Morgan fingerprint density at radius 2 is 2.20 bits per heavy atom. The standard InChI is InChI=1S/C12H26N2O/c1-10(8-12(2,3)15-4)14-7-5-6-11(13)9-14/h10-11H,5-9,13H2,1-4H3. The van der Waals surface area contributed by atoms with E-state index < -0.39 is 0 Å². The number of ether oxygens (including phenoxy) is 1. The van der Waals surface area contributed by atoms with Gasteiger partial charge in [-0.1, -0.05) is 0 Å². The molecule has 0 spiro atoms. The summed E-state index contributed by atoms with van der Waals surface area (Å²) in [6, 6.07) is 0.929. The van der Waals surface area contributed by atoms with Crippen LogP contribution in [0, 0.1) is 0 Å². The monoisotopic (exact) mass is 214 g/mol. The molecular formula is C12H26N2O. The number of rotatable bonds is 4. The molecule has 0 aliphatic carbocycles. The zero-order valence-corrected chi connectivity index (χ0v) is 10.6. The van der Waals surface area contributed by atoms with Gasteiger partial charge in [0.05, 0.1) is 5.60 Å².